The molecular formula is C13H19NO3S. The molecule has 1 aromatic heterocycles. The van der Waals surface area contributed by atoms with Gasteiger partial charge in [-0.1, -0.05) is 6.92 Å². The van der Waals surface area contributed by atoms with E-state index in [9.17, 15) is 9.90 Å². The van der Waals surface area contributed by atoms with Crippen LogP contribution in [0.25, 0.3) is 0 Å². The van der Waals surface area contributed by atoms with E-state index < -0.39 is 5.60 Å². The second kappa shape index (κ2) is 5.38. The number of amides is 1. The number of rotatable bonds is 4. The van der Waals surface area contributed by atoms with E-state index >= 15 is 0 Å². The van der Waals surface area contributed by atoms with Crippen molar-refractivity contribution in [3.05, 3.63) is 21.9 Å². The van der Waals surface area contributed by atoms with Crippen molar-refractivity contribution in [2.24, 2.45) is 0 Å². The molecule has 18 heavy (non-hydrogen) atoms. The van der Waals surface area contributed by atoms with Crippen LogP contribution in [-0.2, 0) is 11.2 Å². The Morgan fingerprint density at radius 2 is 2.50 bits per heavy atom. The lowest BCUT2D eigenvalue weighted by Crippen LogP contribution is -2.47. The van der Waals surface area contributed by atoms with Crippen LogP contribution in [0.3, 0.4) is 0 Å². The lowest BCUT2D eigenvalue weighted by Gasteiger charge is -2.26. The van der Waals surface area contributed by atoms with E-state index in [1.54, 1.807) is 0 Å². The molecule has 1 amide bonds. The lowest BCUT2D eigenvalue weighted by molar-refractivity contribution is -0.0251. The Hall–Kier alpha value is -0.910. The highest BCUT2D eigenvalue weighted by Crippen LogP contribution is 2.25. The molecule has 2 heterocycles. The van der Waals surface area contributed by atoms with Crippen LogP contribution in [-0.4, -0.2) is 35.9 Å². The third kappa shape index (κ3) is 2.58. The summed E-state index contributed by atoms with van der Waals surface area (Å²) in [6, 6.07) is 1.97. The molecule has 2 atom stereocenters. The van der Waals surface area contributed by atoms with Crippen molar-refractivity contribution >= 4 is 17.2 Å². The molecule has 2 rings (SSSR count). The van der Waals surface area contributed by atoms with Gasteiger partial charge in [-0.2, -0.15) is 0 Å². The predicted octanol–water partition coefficient (Wildman–Crippen LogP) is 1.58. The van der Waals surface area contributed by atoms with Gasteiger partial charge in [0.25, 0.3) is 5.91 Å². The van der Waals surface area contributed by atoms with Crippen LogP contribution < -0.4 is 5.32 Å². The van der Waals surface area contributed by atoms with Crippen LogP contribution in [0.4, 0.5) is 0 Å². The van der Waals surface area contributed by atoms with Crippen molar-refractivity contribution < 1.29 is 14.6 Å². The molecule has 1 aliphatic heterocycles. The van der Waals surface area contributed by atoms with Crippen LogP contribution >= 0.6 is 11.3 Å². The van der Waals surface area contributed by atoms with E-state index in [-0.39, 0.29) is 18.6 Å². The number of aliphatic hydroxyl groups is 1. The molecule has 1 saturated heterocycles. The zero-order valence-corrected chi connectivity index (χ0v) is 11.5. The fourth-order valence-electron chi connectivity index (χ4n) is 2.13. The maximum Gasteiger partial charge on any atom is 0.261 e. The molecule has 0 saturated carbocycles. The monoisotopic (exact) mass is 269 g/mol. The van der Waals surface area contributed by atoms with E-state index in [0.29, 0.717) is 13.0 Å². The maximum absolute atomic E-state index is 12.0. The van der Waals surface area contributed by atoms with Crippen LogP contribution in [0.1, 0.15) is 35.5 Å². The number of thiophene rings is 1. The summed E-state index contributed by atoms with van der Waals surface area (Å²) in [5.74, 6) is -0.102. The van der Waals surface area contributed by atoms with Gasteiger partial charge in [-0.05, 0) is 30.4 Å². The number of hydrogen-bond donors (Lipinski definition) is 2. The van der Waals surface area contributed by atoms with Crippen LogP contribution in [0.15, 0.2) is 11.4 Å². The third-order valence-electron chi connectivity index (χ3n) is 3.55. The first-order valence-corrected chi connectivity index (χ1v) is 7.13. The minimum atomic E-state index is -0.931. The Morgan fingerprint density at radius 3 is 3.11 bits per heavy atom. The molecule has 0 bridgehead atoms. The SMILES string of the molecule is CCc1ccsc1C(=O)NCC1(O)CCOC1C. The van der Waals surface area contributed by atoms with E-state index in [1.165, 1.54) is 11.3 Å². The Kier molecular flexibility index (Phi) is 4.04. The number of carbonyl (C=O) groups excluding carboxylic acids is 1. The number of carbonyl (C=O) groups is 1. The molecule has 0 aliphatic carbocycles. The molecule has 4 nitrogen and oxygen atoms in total. The summed E-state index contributed by atoms with van der Waals surface area (Å²) >= 11 is 1.44. The number of aryl methyl sites for hydroxylation is 1. The van der Waals surface area contributed by atoms with Crippen LogP contribution in [0.2, 0.25) is 0 Å². The van der Waals surface area contributed by atoms with Crippen LogP contribution in [0.5, 0.6) is 0 Å². The lowest BCUT2D eigenvalue weighted by atomic mass is 9.97. The van der Waals surface area contributed by atoms with Crippen molar-refractivity contribution in [1.82, 2.24) is 5.32 Å². The van der Waals surface area contributed by atoms with Crippen molar-refractivity contribution in [1.29, 1.82) is 0 Å². The fourth-order valence-corrected chi connectivity index (χ4v) is 3.04. The molecule has 1 aromatic rings. The Morgan fingerprint density at radius 1 is 1.72 bits per heavy atom. The van der Waals surface area contributed by atoms with Gasteiger partial charge in [0.15, 0.2) is 0 Å². The number of ether oxygens (including phenoxy) is 1. The van der Waals surface area contributed by atoms with Crippen molar-refractivity contribution in [2.75, 3.05) is 13.2 Å². The first-order valence-electron chi connectivity index (χ1n) is 6.25. The number of hydrogen-bond acceptors (Lipinski definition) is 4. The Bertz CT molecular complexity index is 432. The molecule has 100 valence electrons. The smallest absolute Gasteiger partial charge is 0.261 e. The summed E-state index contributed by atoms with van der Waals surface area (Å²) in [7, 11) is 0. The summed E-state index contributed by atoms with van der Waals surface area (Å²) < 4.78 is 5.34. The minimum absolute atomic E-state index is 0.102. The third-order valence-corrected chi connectivity index (χ3v) is 4.50. The molecule has 2 N–H and O–H groups in total. The topological polar surface area (TPSA) is 58.6 Å². The fraction of sp³-hybridized carbons (Fsp3) is 0.615. The van der Waals surface area contributed by atoms with E-state index in [1.807, 2.05) is 25.3 Å². The quantitative estimate of drug-likeness (QED) is 0.872. The molecule has 2 unspecified atom stereocenters. The normalized spacial score (nSPS) is 27.4. The largest absolute Gasteiger partial charge is 0.385 e. The van der Waals surface area contributed by atoms with Gasteiger partial charge in [-0.25, -0.2) is 0 Å². The summed E-state index contributed by atoms with van der Waals surface area (Å²) in [4.78, 5) is 12.8. The van der Waals surface area contributed by atoms with Crippen LogP contribution in [0, 0.1) is 0 Å². The average molecular weight is 269 g/mol. The molecule has 0 radical (unpaired) electrons. The highest BCUT2D eigenvalue weighted by molar-refractivity contribution is 7.12. The van der Waals surface area contributed by atoms with Crippen molar-refractivity contribution in [3.8, 4) is 0 Å². The summed E-state index contributed by atoms with van der Waals surface area (Å²) in [6.07, 6.45) is 1.18. The molecule has 1 fully saturated rings. The molecule has 1 aliphatic rings. The molecule has 5 heteroatoms. The van der Waals surface area contributed by atoms with E-state index in [2.05, 4.69) is 5.32 Å². The second-order valence-electron chi connectivity index (χ2n) is 4.68. The maximum atomic E-state index is 12.0. The van der Waals surface area contributed by atoms with Gasteiger partial charge < -0.3 is 15.2 Å². The van der Waals surface area contributed by atoms with E-state index in [4.69, 9.17) is 4.74 Å². The van der Waals surface area contributed by atoms with Gasteiger partial charge >= 0.3 is 0 Å². The van der Waals surface area contributed by atoms with Gasteiger partial charge in [-0.3, -0.25) is 4.79 Å². The van der Waals surface area contributed by atoms with Crippen molar-refractivity contribution in [2.45, 2.75) is 38.4 Å². The van der Waals surface area contributed by atoms with Gasteiger partial charge in [0.2, 0.25) is 0 Å². The van der Waals surface area contributed by atoms with Gasteiger partial charge in [0, 0.05) is 19.6 Å². The summed E-state index contributed by atoms with van der Waals surface area (Å²) in [6.45, 7) is 4.65. The summed E-state index contributed by atoms with van der Waals surface area (Å²) in [5.41, 5.74) is 0.124. The van der Waals surface area contributed by atoms with Gasteiger partial charge in [0.1, 0.15) is 5.60 Å². The second-order valence-corrected chi connectivity index (χ2v) is 5.59. The number of nitrogens with one attached hydrogen (secondary N) is 1. The van der Waals surface area contributed by atoms with Crippen molar-refractivity contribution in [3.63, 3.8) is 0 Å². The molecule has 0 aromatic carbocycles. The predicted molar refractivity (Wildman–Crippen MR) is 71.0 cm³/mol. The first-order chi connectivity index (χ1) is 8.57. The Balaban J connectivity index is 1.96. The van der Waals surface area contributed by atoms with Gasteiger partial charge in [-0.15, -0.1) is 11.3 Å². The first kappa shape index (κ1) is 13.5. The average Bonchev–Trinajstić information content (AvgIpc) is 2.95. The summed E-state index contributed by atoms with van der Waals surface area (Å²) in [5, 5.41) is 15.0. The zero-order chi connectivity index (χ0) is 13.2. The standard InChI is InChI=1S/C13H19NO3S/c1-3-10-4-7-18-11(10)12(15)14-8-13(16)5-6-17-9(13)2/h4,7,9,16H,3,5-6,8H2,1-2H3,(H,14,15). The highest BCUT2D eigenvalue weighted by Gasteiger charge is 2.39. The zero-order valence-electron chi connectivity index (χ0n) is 10.7. The molecular weight excluding hydrogens is 250 g/mol. The molecule has 0 spiro atoms. The highest BCUT2D eigenvalue weighted by atomic mass is 32.1. The van der Waals surface area contributed by atoms with Gasteiger partial charge in [0.05, 0.1) is 11.0 Å². The Labute approximate surface area is 111 Å². The minimum Gasteiger partial charge on any atom is -0.385 e. The van der Waals surface area contributed by atoms with E-state index in [0.717, 1.165) is 16.9 Å².